The lowest BCUT2D eigenvalue weighted by Crippen LogP contribution is -2.37. The van der Waals surface area contributed by atoms with Crippen LogP contribution in [0.1, 0.15) is 48.9 Å². The Kier molecular flexibility index (Phi) is 4.73. The Morgan fingerprint density at radius 2 is 2.00 bits per heavy atom. The van der Waals surface area contributed by atoms with Gasteiger partial charge in [0, 0.05) is 36.8 Å². The lowest BCUT2D eigenvalue weighted by atomic mass is 10.1. The molecule has 2 heterocycles. The molecule has 6 nitrogen and oxygen atoms in total. The molecule has 130 valence electrons. The number of aryl methyl sites for hydroxylation is 2. The highest BCUT2D eigenvalue weighted by atomic mass is 16.2. The average molecular weight is 331 g/mol. The minimum absolute atomic E-state index is 0.0893. The highest BCUT2D eigenvalue weighted by Gasteiger charge is 2.38. The van der Waals surface area contributed by atoms with Crippen molar-refractivity contribution in [3.63, 3.8) is 0 Å². The van der Waals surface area contributed by atoms with E-state index in [4.69, 9.17) is 0 Å². The van der Waals surface area contributed by atoms with E-state index < -0.39 is 0 Å². The first kappa shape index (κ1) is 16.7. The highest BCUT2D eigenvalue weighted by molar-refractivity contribution is 5.89. The zero-order chi connectivity index (χ0) is 17.3. The predicted molar refractivity (Wildman–Crippen MR) is 90.5 cm³/mol. The van der Waals surface area contributed by atoms with Gasteiger partial charge in [-0.05, 0) is 38.3 Å². The maximum Gasteiger partial charge on any atom is 0.253 e. The summed E-state index contributed by atoms with van der Waals surface area (Å²) in [5.74, 6) is -0.349. The third kappa shape index (κ3) is 3.37. The van der Waals surface area contributed by atoms with E-state index in [-0.39, 0.29) is 36.3 Å². The van der Waals surface area contributed by atoms with Gasteiger partial charge in [0.05, 0.1) is 5.92 Å². The highest BCUT2D eigenvalue weighted by Crippen LogP contribution is 2.29. The topological polar surface area (TPSA) is 82.3 Å². The van der Waals surface area contributed by atoms with Crippen molar-refractivity contribution in [1.29, 1.82) is 0 Å². The Morgan fingerprint density at radius 3 is 2.67 bits per heavy atom. The molecule has 0 aromatic carbocycles. The Bertz CT molecular complexity index is 704. The smallest absolute Gasteiger partial charge is 0.253 e. The molecule has 1 unspecified atom stereocenters. The molecule has 1 saturated carbocycles. The minimum Gasteiger partial charge on any atom is -0.351 e. The van der Waals surface area contributed by atoms with Crippen LogP contribution in [0.3, 0.4) is 0 Å². The molecular weight excluding hydrogens is 306 g/mol. The molecule has 0 spiro atoms. The molecule has 1 atom stereocenters. The molecule has 24 heavy (non-hydrogen) atoms. The number of H-pyrrole nitrogens is 1. The summed E-state index contributed by atoms with van der Waals surface area (Å²) in [5, 5.41) is 2.84. The molecule has 6 heteroatoms. The standard InChI is InChI=1S/C18H25N3O3/c1-11-7-12(2)20-18(24)15(11)9-19-17(23)13-8-16(22)21(10-13)14-5-3-4-6-14/h7,13-14H,3-6,8-10H2,1-2H3,(H,19,23)(H,20,24). The van der Waals surface area contributed by atoms with Crippen molar-refractivity contribution >= 4 is 11.8 Å². The first-order chi connectivity index (χ1) is 11.5. The Labute approximate surface area is 141 Å². The van der Waals surface area contributed by atoms with Crippen molar-refractivity contribution in [2.45, 2.75) is 58.5 Å². The lowest BCUT2D eigenvalue weighted by molar-refractivity contribution is -0.130. The fraction of sp³-hybridized carbons (Fsp3) is 0.611. The van der Waals surface area contributed by atoms with Gasteiger partial charge < -0.3 is 15.2 Å². The summed E-state index contributed by atoms with van der Waals surface area (Å²) >= 11 is 0. The summed E-state index contributed by atoms with van der Waals surface area (Å²) in [7, 11) is 0. The number of pyridine rings is 1. The molecule has 3 rings (SSSR count). The number of nitrogens with zero attached hydrogens (tertiary/aromatic N) is 1. The number of aromatic amines is 1. The van der Waals surface area contributed by atoms with Crippen LogP contribution in [-0.2, 0) is 16.1 Å². The van der Waals surface area contributed by atoms with Crippen LogP contribution in [0.4, 0.5) is 0 Å². The van der Waals surface area contributed by atoms with E-state index in [2.05, 4.69) is 10.3 Å². The van der Waals surface area contributed by atoms with Gasteiger partial charge in [-0.15, -0.1) is 0 Å². The van der Waals surface area contributed by atoms with E-state index in [1.165, 1.54) is 12.8 Å². The zero-order valence-electron chi connectivity index (χ0n) is 14.4. The van der Waals surface area contributed by atoms with Crippen molar-refractivity contribution in [2.24, 2.45) is 5.92 Å². The molecule has 0 bridgehead atoms. The van der Waals surface area contributed by atoms with E-state index >= 15 is 0 Å². The van der Waals surface area contributed by atoms with Crippen LogP contribution >= 0.6 is 0 Å². The first-order valence-electron chi connectivity index (χ1n) is 8.72. The largest absolute Gasteiger partial charge is 0.351 e. The van der Waals surface area contributed by atoms with Gasteiger partial charge in [-0.25, -0.2) is 0 Å². The summed E-state index contributed by atoms with van der Waals surface area (Å²) in [4.78, 5) is 41.2. The van der Waals surface area contributed by atoms with Crippen LogP contribution in [0.25, 0.3) is 0 Å². The summed E-state index contributed by atoms with van der Waals surface area (Å²) in [6, 6.07) is 2.21. The summed E-state index contributed by atoms with van der Waals surface area (Å²) in [6.07, 6.45) is 4.73. The molecular formula is C18H25N3O3. The van der Waals surface area contributed by atoms with Crippen LogP contribution in [0, 0.1) is 19.8 Å². The maximum atomic E-state index is 12.4. The molecule has 2 N–H and O–H groups in total. The van der Waals surface area contributed by atoms with Crippen molar-refractivity contribution in [3.05, 3.63) is 33.2 Å². The van der Waals surface area contributed by atoms with Crippen LogP contribution in [0.15, 0.2) is 10.9 Å². The quantitative estimate of drug-likeness (QED) is 0.875. The molecule has 2 amide bonds. The number of nitrogens with one attached hydrogen (secondary N) is 2. The number of likely N-dealkylation sites (tertiary alicyclic amines) is 1. The van der Waals surface area contributed by atoms with Gasteiger partial charge in [0.25, 0.3) is 5.56 Å². The molecule has 0 radical (unpaired) electrons. The molecule has 2 aliphatic rings. The fourth-order valence-corrected chi connectivity index (χ4v) is 3.90. The second kappa shape index (κ2) is 6.79. The molecule has 1 aliphatic heterocycles. The summed E-state index contributed by atoms with van der Waals surface area (Å²) in [5.41, 5.74) is 2.08. The maximum absolute atomic E-state index is 12.4. The van der Waals surface area contributed by atoms with E-state index in [1.807, 2.05) is 24.8 Å². The van der Waals surface area contributed by atoms with E-state index in [9.17, 15) is 14.4 Å². The van der Waals surface area contributed by atoms with E-state index in [1.54, 1.807) is 0 Å². The predicted octanol–water partition coefficient (Wildman–Crippen LogP) is 1.40. The number of carbonyl (C=O) groups is 2. The number of rotatable bonds is 4. The van der Waals surface area contributed by atoms with Gasteiger partial charge in [-0.1, -0.05) is 12.8 Å². The summed E-state index contributed by atoms with van der Waals surface area (Å²) < 4.78 is 0. The molecule has 1 aromatic heterocycles. The minimum atomic E-state index is -0.303. The van der Waals surface area contributed by atoms with E-state index in [0.29, 0.717) is 18.2 Å². The number of amides is 2. The van der Waals surface area contributed by atoms with Gasteiger partial charge in [-0.3, -0.25) is 14.4 Å². The Hall–Kier alpha value is -2.11. The second-order valence-corrected chi connectivity index (χ2v) is 7.05. The number of aromatic nitrogens is 1. The Morgan fingerprint density at radius 1 is 1.29 bits per heavy atom. The van der Waals surface area contributed by atoms with Crippen LogP contribution in [0.5, 0.6) is 0 Å². The van der Waals surface area contributed by atoms with Crippen LogP contribution in [0.2, 0.25) is 0 Å². The average Bonchev–Trinajstić information content (AvgIpc) is 3.14. The van der Waals surface area contributed by atoms with Crippen molar-refractivity contribution in [3.8, 4) is 0 Å². The third-order valence-corrected chi connectivity index (χ3v) is 5.23. The molecule has 1 aromatic rings. The monoisotopic (exact) mass is 331 g/mol. The lowest BCUT2D eigenvalue weighted by Gasteiger charge is -2.23. The van der Waals surface area contributed by atoms with Gasteiger partial charge in [0.1, 0.15) is 0 Å². The van der Waals surface area contributed by atoms with Crippen LogP contribution in [-0.4, -0.2) is 34.3 Å². The molecule has 1 saturated heterocycles. The second-order valence-electron chi connectivity index (χ2n) is 7.05. The fourth-order valence-electron chi connectivity index (χ4n) is 3.90. The van der Waals surface area contributed by atoms with Gasteiger partial charge >= 0.3 is 0 Å². The number of carbonyl (C=O) groups excluding carboxylic acids is 2. The summed E-state index contributed by atoms with van der Waals surface area (Å²) in [6.45, 7) is 4.41. The SMILES string of the molecule is Cc1cc(C)c(CNC(=O)C2CC(=O)N(C3CCCC3)C2)c(=O)[nH]1. The van der Waals surface area contributed by atoms with E-state index in [0.717, 1.165) is 24.1 Å². The van der Waals surface area contributed by atoms with Crippen LogP contribution < -0.4 is 10.9 Å². The first-order valence-corrected chi connectivity index (χ1v) is 8.72. The van der Waals surface area contributed by atoms with Crippen molar-refractivity contribution < 1.29 is 9.59 Å². The van der Waals surface area contributed by atoms with Crippen molar-refractivity contribution in [2.75, 3.05) is 6.54 Å². The number of hydrogen-bond acceptors (Lipinski definition) is 3. The molecule has 1 aliphatic carbocycles. The van der Waals surface area contributed by atoms with Crippen molar-refractivity contribution in [1.82, 2.24) is 15.2 Å². The normalized spacial score (nSPS) is 21.5. The molecule has 2 fully saturated rings. The van der Waals surface area contributed by atoms with Gasteiger partial charge in [0.2, 0.25) is 11.8 Å². The number of hydrogen-bond donors (Lipinski definition) is 2. The Balaban J connectivity index is 1.60. The van der Waals surface area contributed by atoms with Gasteiger partial charge in [-0.2, -0.15) is 0 Å². The van der Waals surface area contributed by atoms with Gasteiger partial charge in [0.15, 0.2) is 0 Å². The zero-order valence-corrected chi connectivity index (χ0v) is 14.4. The third-order valence-electron chi connectivity index (χ3n) is 5.23.